The number of hydrogen-bond acceptors (Lipinski definition) is 2. The first kappa shape index (κ1) is 14.3. The lowest BCUT2D eigenvalue weighted by molar-refractivity contribution is 0.0952. The van der Waals surface area contributed by atoms with Gasteiger partial charge in [0, 0.05) is 29.5 Å². The Bertz CT molecular complexity index is 662. The summed E-state index contributed by atoms with van der Waals surface area (Å²) >= 11 is 5.80. The summed E-state index contributed by atoms with van der Waals surface area (Å²) in [6.07, 6.45) is 2.13. The van der Waals surface area contributed by atoms with Gasteiger partial charge in [0.05, 0.1) is 0 Å². The maximum Gasteiger partial charge on any atom is 0.256 e. The van der Waals surface area contributed by atoms with Crippen molar-refractivity contribution >= 4 is 17.5 Å². The van der Waals surface area contributed by atoms with Crippen LogP contribution in [0.4, 0.5) is 0 Å². The van der Waals surface area contributed by atoms with E-state index in [-0.39, 0.29) is 16.9 Å². The van der Waals surface area contributed by atoms with Gasteiger partial charge in [-0.05, 0) is 31.0 Å². The van der Waals surface area contributed by atoms with Crippen LogP contribution >= 0.6 is 11.6 Å². The third-order valence-electron chi connectivity index (χ3n) is 2.91. The molecule has 0 aliphatic heterocycles. The van der Waals surface area contributed by atoms with E-state index in [1.807, 2.05) is 24.3 Å². The highest BCUT2D eigenvalue weighted by atomic mass is 35.5. The fourth-order valence-corrected chi connectivity index (χ4v) is 1.94. The molecule has 0 unspecified atom stereocenters. The third-order valence-corrected chi connectivity index (χ3v) is 3.17. The highest BCUT2D eigenvalue weighted by Crippen LogP contribution is 2.09. The van der Waals surface area contributed by atoms with Crippen molar-refractivity contribution in [3.05, 3.63) is 68.6 Å². The van der Waals surface area contributed by atoms with Crippen molar-refractivity contribution < 1.29 is 4.79 Å². The molecule has 0 aliphatic rings. The Hall–Kier alpha value is -2.07. The number of aromatic amines is 1. The van der Waals surface area contributed by atoms with Crippen molar-refractivity contribution in [1.82, 2.24) is 10.3 Å². The molecule has 104 valence electrons. The molecule has 1 heterocycles. The fourth-order valence-electron chi connectivity index (χ4n) is 1.82. The van der Waals surface area contributed by atoms with Crippen LogP contribution in [0.5, 0.6) is 0 Å². The van der Waals surface area contributed by atoms with E-state index < -0.39 is 0 Å². The number of aromatic nitrogens is 1. The fraction of sp³-hybridized carbons (Fsp3) is 0.200. The number of amides is 1. The second kappa shape index (κ2) is 6.39. The number of carbonyl (C=O) groups excluding carboxylic acids is 1. The Morgan fingerprint density at radius 2 is 2.00 bits per heavy atom. The summed E-state index contributed by atoms with van der Waals surface area (Å²) in [6.45, 7) is 2.23. The number of rotatable bonds is 4. The molecule has 0 aliphatic carbocycles. The summed E-state index contributed by atoms with van der Waals surface area (Å²) in [5.41, 5.74) is 1.66. The lowest BCUT2D eigenvalue weighted by Gasteiger charge is -2.05. The number of carbonyl (C=O) groups is 1. The normalized spacial score (nSPS) is 10.3. The maximum atomic E-state index is 11.9. The van der Waals surface area contributed by atoms with E-state index in [0.29, 0.717) is 18.0 Å². The zero-order chi connectivity index (χ0) is 14.5. The van der Waals surface area contributed by atoms with Crippen LogP contribution in [0.2, 0.25) is 5.02 Å². The number of nitrogens with one attached hydrogen (secondary N) is 2. The van der Waals surface area contributed by atoms with Crippen molar-refractivity contribution in [2.75, 3.05) is 6.54 Å². The van der Waals surface area contributed by atoms with Crippen LogP contribution in [0, 0.1) is 6.92 Å². The van der Waals surface area contributed by atoms with Crippen LogP contribution in [0.25, 0.3) is 0 Å². The van der Waals surface area contributed by atoms with E-state index in [4.69, 9.17) is 11.6 Å². The van der Waals surface area contributed by atoms with Gasteiger partial charge in [-0.25, -0.2) is 0 Å². The smallest absolute Gasteiger partial charge is 0.256 e. The minimum absolute atomic E-state index is 0.131. The first-order valence-corrected chi connectivity index (χ1v) is 6.66. The predicted molar refractivity (Wildman–Crippen MR) is 79.3 cm³/mol. The molecule has 1 amide bonds. The third kappa shape index (κ3) is 3.71. The van der Waals surface area contributed by atoms with Gasteiger partial charge in [0.1, 0.15) is 5.56 Å². The number of benzene rings is 1. The van der Waals surface area contributed by atoms with E-state index in [0.717, 1.165) is 11.3 Å². The largest absolute Gasteiger partial charge is 0.364 e. The van der Waals surface area contributed by atoms with E-state index in [1.54, 1.807) is 6.92 Å². The number of aryl methyl sites for hydroxylation is 1. The predicted octanol–water partition coefficient (Wildman–Crippen LogP) is 2.31. The van der Waals surface area contributed by atoms with E-state index in [2.05, 4.69) is 10.3 Å². The Morgan fingerprint density at radius 1 is 1.30 bits per heavy atom. The van der Waals surface area contributed by atoms with Crippen molar-refractivity contribution in [1.29, 1.82) is 0 Å². The van der Waals surface area contributed by atoms with Gasteiger partial charge in [0.25, 0.3) is 5.91 Å². The molecule has 0 bridgehead atoms. The average Bonchev–Trinajstić information content (AvgIpc) is 2.41. The molecular formula is C15H15ClN2O2. The summed E-state index contributed by atoms with van der Waals surface area (Å²) < 4.78 is 0. The molecule has 1 aromatic heterocycles. The van der Waals surface area contributed by atoms with Gasteiger partial charge in [-0.2, -0.15) is 0 Å². The molecular weight excluding hydrogens is 276 g/mol. The van der Waals surface area contributed by atoms with Crippen molar-refractivity contribution in [3.8, 4) is 0 Å². The van der Waals surface area contributed by atoms with Crippen molar-refractivity contribution in [3.63, 3.8) is 0 Å². The van der Waals surface area contributed by atoms with Crippen LogP contribution in [-0.2, 0) is 6.42 Å². The number of hydrogen-bond donors (Lipinski definition) is 2. The molecule has 0 saturated heterocycles. The monoisotopic (exact) mass is 290 g/mol. The van der Waals surface area contributed by atoms with Gasteiger partial charge in [-0.3, -0.25) is 9.59 Å². The van der Waals surface area contributed by atoms with Gasteiger partial charge in [-0.1, -0.05) is 23.7 Å². The van der Waals surface area contributed by atoms with E-state index in [1.165, 1.54) is 12.3 Å². The molecule has 5 heteroatoms. The number of halogens is 1. The summed E-state index contributed by atoms with van der Waals surface area (Å²) in [5, 5.41) is 3.41. The van der Waals surface area contributed by atoms with Gasteiger partial charge in [0.15, 0.2) is 5.43 Å². The summed E-state index contributed by atoms with van der Waals surface area (Å²) in [4.78, 5) is 26.4. The Morgan fingerprint density at radius 3 is 2.65 bits per heavy atom. The summed E-state index contributed by atoms with van der Waals surface area (Å²) in [6, 6.07) is 8.85. The molecule has 2 N–H and O–H groups in total. The minimum atomic E-state index is -0.361. The zero-order valence-electron chi connectivity index (χ0n) is 11.1. The Balaban J connectivity index is 1.92. The molecule has 1 aromatic carbocycles. The molecule has 4 nitrogen and oxygen atoms in total. The first-order valence-electron chi connectivity index (χ1n) is 6.28. The maximum absolute atomic E-state index is 11.9. The quantitative estimate of drug-likeness (QED) is 0.908. The lowest BCUT2D eigenvalue weighted by atomic mass is 10.1. The molecule has 2 rings (SSSR count). The highest BCUT2D eigenvalue weighted by molar-refractivity contribution is 6.30. The second-order valence-electron chi connectivity index (χ2n) is 4.53. The second-order valence-corrected chi connectivity index (χ2v) is 4.96. The molecule has 0 atom stereocenters. The van der Waals surface area contributed by atoms with Crippen LogP contribution in [0.1, 0.15) is 21.6 Å². The van der Waals surface area contributed by atoms with E-state index >= 15 is 0 Å². The Kier molecular flexibility index (Phi) is 4.58. The van der Waals surface area contributed by atoms with Gasteiger partial charge >= 0.3 is 0 Å². The zero-order valence-corrected chi connectivity index (χ0v) is 11.8. The minimum Gasteiger partial charge on any atom is -0.364 e. The van der Waals surface area contributed by atoms with Gasteiger partial charge < -0.3 is 10.3 Å². The molecule has 0 radical (unpaired) electrons. The lowest BCUT2D eigenvalue weighted by Crippen LogP contribution is -2.30. The molecule has 0 spiro atoms. The van der Waals surface area contributed by atoms with Crippen LogP contribution in [-0.4, -0.2) is 17.4 Å². The molecule has 2 aromatic rings. The van der Waals surface area contributed by atoms with Gasteiger partial charge in [0.2, 0.25) is 0 Å². The number of H-pyrrole nitrogens is 1. The summed E-state index contributed by atoms with van der Waals surface area (Å²) in [7, 11) is 0. The summed E-state index contributed by atoms with van der Waals surface area (Å²) in [5.74, 6) is -0.361. The SMILES string of the molecule is Cc1cc(=O)c(C(=O)NCCc2ccc(Cl)cc2)c[nH]1. The molecule has 0 saturated carbocycles. The topological polar surface area (TPSA) is 62.0 Å². The van der Waals surface area contributed by atoms with Crippen LogP contribution in [0.15, 0.2) is 41.3 Å². The molecule has 0 fully saturated rings. The van der Waals surface area contributed by atoms with E-state index in [9.17, 15) is 9.59 Å². The van der Waals surface area contributed by atoms with Crippen molar-refractivity contribution in [2.24, 2.45) is 0 Å². The van der Waals surface area contributed by atoms with Crippen molar-refractivity contribution in [2.45, 2.75) is 13.3 Å². The molecule has 20 heavy (non-hydrogen) atoms. The highest BCUT2D eigenvalue weighted by Gasteiger charge is 2.09. The van der Waals surface area contributed by atoms with Gasteiger partial charge in [-0.15, -0.1) is 0 Å². The van der Waals surface area contributed by atoms with Crippen LogP contribution in [0.3, 0.4) is 0 Å². The average molecular weight is 291 g/mol. The number of pyridine rings is 1. The Labute approximate surface area is 121 Å². The first-order chi connectivity index (χ1) is 9.56. The van der Waals surface area contributed by atoms with Crippen LogP contribution < -0.4 is 10.7 Å². The standard InChI is InChI=1S/C15H15ClN2O2/c1-10-8-14(19)13(9-18-10)15(20)17-7-6-11-2-4-12(16)5-3-11/h2-5,8-9H,6-7H2,1H3,(H,17,20)(H,18,19).